The van der Waals surface area contributed by atoms with Gasteiger partial charge in [-0.2, -0.15) is 5.26 Å². The number of urea groups is 1. The number of anilines is 1. The summed E-state index contributed by atoms with van der Waals surface area (Å²) in [5.74, 6) is -0.416. The summed E-state index contributed by atoms with van der Waals surface area (Å²) in [6.07, 6.45) is 1.76. The van der Waals surface area contributed by atoms with Crippen molar-refractivity contribution in [2.45, 2.75) is 45.2 Å². The number of hydrogen-bond donors (Lipinski definition) is 1. The van der Waals surface area contributed by atoms with Gasteiger partial charge in [-0.1, -0.05) is 50.1 Å². The summed E-state index contributed by atoms with van der Waals surface area (Å²) in [6.45, 7) is 4.72. The molecule has 34 heavy (non-hydrogen) atoms. The number of nitriles is 1. The summed E-state index contributed by atoms with van der Waals surface area (Å²) in [5, 5.41) is 12.8. The van der Waals surface area contributed by atoms with Gasteiger partial charge >= 0.3 is 6.03 Å². The molecule has 2 aliphatic rings. The molecule has 0 bridgehead atoms. The second-order valence-electron chi connectivity index (χ2n) is 9.19. The van der Waals surface area contributed by atoms with Crippen LogP contribution < -0.4 is 10.2 Å². The van der Waals surface area contributed by atoms with Gasteiger partial charge in [0.2, 0.25) is 5.91 Å². The first kappa shape index (κ1) is 24.0. The van der Waals surface area contributed by atoms with Crippen LogP contribution in [0.2, 0.25) is 5.02 Å². The van der Waals surface area contributed by atoms with Gasteiger partial charge in [-0.3, -0.25) is 4.79 Å². The van der Waals surface area contributed by atoms with Gasteiger partial charge in [0.25, 0.3) is 0 Å². The van der Waals surface area contributed by atoms with Crippen LogP contribution in [0, 0.1) is 28.5 Å². The molecule has 2 aromatic carbocycles. The molecule has 1 unspecified atom stereocenters. The molecule has 8 heteroatoms. The molecule has 0 radical (unpaired) electrons. The molecule has 0 aromatic heterocycles. The normalized spacial score (nSPS) is 20.9. The zero-order chi connectivity index (χ0) is 24.5. The number of piperidine rings is 1. The molecular formula is C26H28ClFN4O2. The van der Waals surface area contributed by atoms with E-state index in [4.69, 9.17) is 11.6 Å². The Hall–Kier alpha value is -3.11. The molecule has 2 aliphatic heterocycles. The zero-order valence-corrected chi connectivity index (χ0v) is 20.1. The molecule has 2 saturated heterocycles. The van der Waals surface area contributed by atoms with E-state index in [-0.39, 0.29) is 23.9 Å². The Balaban J connectivity index is 1.56. The molecule has 0 saturated carbocycles. The number of likely N-dealkylation sites (tertiary alicyclic amines) is 1. The van der Waals surface area contributed by atoms with E-state index in [1.165, 1.54) is 12.1 Å². The molecule has 1 N–H and O–H groups in total. The van der Waals surface area contributed by atoms with Gasteiger partial charge in [-0.15, -0.1) is 0 Å². The van der Waals surface area contributed by atoms with Gasteiger partial charge in [0.1, 0.15) is 11.9 Å². The molecule has 2 heterocycles. The van der Waals surface area contributed by atoms with E-state index >= 15 is 0 Å². The van der Waals surface area contributed by atoms with Crippen LogP contribution in [-0.4, -0.2) is 36.0 Å². The Morgan fingerprint density at radius 3 is 2.53 bits per heavy atom. The summed E-state index contributed by atoms with van der Waals surface area (Å²) < 4.78 is 14.0. The third-order valence-corrected chi connectivity index (χ3v) is 7.52. The van der Waals surface area contributed by atoms with Crippen LogP contribution in [0.3, 0.4) is 0 Å². The monoisotopic (exact) mass is 482 g/mol. The smallest absolute Gasteiger partial charge is 0.318 e. The van der Waals surface area contributed by atoms with Crippen LogP contribution >= 0.6 is 11.6 Å². The lowest BCUT2D eigenvalue weighted by molar-refractivity contribution is -0.144. The summed E-state index contributed by atoms with van der Waals surface area (Å²) in [5.41, 5.74) is 0.760. The maximum atomic E-state index is 14.0. The molecule has 0 aliphatic carbocycles. The van der Waals surface area contributed by atoms with Crippen molar-refractivity contribution in [3.8, 4) is 6.07 Å². The first-order chi connectivity index (χ1) is 16.3. The van der Waals surface area contributed by atoms with Crippen LogP contribution in [0.5, 0.6) is 0 Å². The fourth-order valence-corrected chi connectivity index (χ4v) is 5.14. The Morgan fingerprint density at radius 2 is 1.94 bits per heavy atom. The van der Waals surface area contributed by atoms with Crippen LogP contribution in [0.1, 0.15) is 44.7 Å². The highest BCUT2D eigenvalue weighted by atomic mass is 35.5. The van der Waals surface area contributed by atoms with Gasteiger partial charge < -0.3 is 15.1 Å². The largest absolute Gasteiger partial charge is 0.325 e. The molecule has 6 nitrogen and oxygen atoms in total. The first-order valence-corrected chi connectivity index (χ1v) is 12.0. The molecule has 3 atom stereocenters. The molecule has 1 spiro atoms. The highest BCUT2D eigenvalue weighted by Gasteiger charge is 2.62. The Labute approximate surface area is 204 Å². The van der Waals surface area contributed by atoms with Crippen LogP contribution in [-0.2, 0) is 4.79 Å². The van der Waals surface area contributed by atoms with E-state index in [1.54, 1.807) is 34.1 Å². The van der Waals surface area contributed by atoms with Crippen molar-refractivity contribution in [1.82, 2.24) is 10.2 Å². The van der Waals surface area contributed by atoms with E-state index in [0.29, 0.717) is 36.6 Å². The number of amides is 3. The van der Waals surface area contributed by atoms with Gasteiger partial charge in [-0.05, 0) is 54.7 Å². The van der Waals surface area contributed by atoms with E-state index < -0.39 is 17.3 Å². The highest BCUT2D eigenvalue weighted by Crippen LogP contribution is 2.57. The van der Waals surface area contributed by atoms with Gasteiger partial charge in [0, 0.05) is 23.8 Å². The lowest BCUT2D eigenvalue weighted by Gasteiger charge is -2.59. The molecule has 2 aromatic rings. The van der Waals surface area contributed by atoms with Crippen molar-refractivity contribution >= 4 is 29.2 Å². The maximum absolute atomic E-state index is 14.0. The fourth-order valence-electron chi connectivity index (χ4n) is 5.02. The lowest BCUT2D eigenvalue weighted by atomic mass is 9.62. The average Bonchev–Trinajstić information content (AvgIpc) is 2.85. The van der Waals surface area contributed by atoms with Gasteiger partial charge in [0.15, 0.2) is 0 Å². The van der Waals surface area contributed by atoms with E-state index in [9.17, 15) is 19.2 Å². The number of nitrogens with zero attached hydrogens (tertiary/aromatic N) is 3. The number of carbonyl (C=O) groups is 2. The Kier molecular flexibility index (Phi) is 6.81. The third-order valence-electron chi connectivity index (χ3n) is 7.27. The van der Waals surface area contributed by atoms with Crippen molar-refractivity contribution in [2.75, 3.05) is 18.0 Å². The number of carbonyl (C=O) groups excluding carboxylic acids is 2. The maximum Gasteiger partial charge on any atom is 0.318 e. The summed E-state index contributed by atoms with van der Waals surface area (Å²) >= 11 is 6.09. The minimum absolute atomic E-state index is 0.0485. The number of β-lactam (4-membered cyclic amide) rings is 1. The van der Waals surface area contributed by atoms with Gasteiger partial charge in [0.05, 0.1) is 17.5 Å². The average molecular weight is 483 g/mol. The zero-order valence-electron chi connectivity index (χ0n) is 19.3. The van der Waals surface area contributed by atoms with Crippen molar-refractivity contribution < 1.29 is 14.0 Å². The van der Waals surface area contributed by atoms with Crippen molar-refractivity contribution in [3.05, 3.63) is 64.9 Å². The Bertz CT molecular complexity index is 1110. The van der Waals surface area contributed by atoms with E-state index in [0.717, 1.165) is 12.0 Å². The van der Waals surface area contributed by atoms with Crippen LogP contribution in [0.4, 0.5) is 14.9 Å². The quantitative estimate of drug-likeness (QED) is 0.588. The van der Waals surface area contributed by atoms with E-state index in [2.05, 4.69) is 11.4 Å². The number of hydrogen-bond acceptors (Lipinski definition) is 3. The summed E-state index contributed by atoms with van der Waals surface area (Å²) in [6, 6.07) is 14.5. The first-order valence-electron chi connectivity index (χ1n) is 11.6. The predicted octanol–water partition coefficient (Wildman–Crippen LogP) is 5.30. The molecule has 4 rings (SSSR count). The summed E-state index contributed by atoms with van der Waals surface area (Å²) in [4.78, 5) is 29.7. The van der Waals surface area contributed by atoms with Crippen molar-refractivity contribution in [1.29, 1.82) is 5.26 Å². The standard InChI is InChI=1S/C26H28ClFN4O2/c1-3-17(2)22(16-29)30-25(34)31-13-11-26(12-14-31)23(18-7-9-19(27)10-8-18)32(24(26)33)21-6-4-5-20(28)15-21/h4-10,15,17,22-23H,3,11-14H2,1-2H3,(H,30,34)/t17-,22+,23?/m1/s1. The molecule has 3 amide bonds. The summed E-state index contributed by atoms with van der Waals surface area (Å²) in [7, 11) is 0. The minimum atomic E-state index is -0.678. The predicted molar refractivity (Wildman–Crippen MR) is 129 cm³/mol. The minimum Gasteiger partial charge on any atom is -0.325 e. The second-order valence-corrected chi connectivity index (χ2v) is 9.63. The van der Waals surface area contributed by atoms with E-state index in [1.807, 2.05) is 26.0 Å². The lowest BCUT2D eigenvalue weighted by Crippen LogP contribution is -2.67. The molecular weight excluding hydrogens is 455 g/mol. The van der Waals surface area contributed by atoms with Crippen molar-refractivity contribution in [2.24, 2.45) is 11.3 Å². The second kappa shape index (κ2) is 9.63. The van der Waals surface area contributed by atoms with Crippen LogP contribution in [0.15, 0.2) is 48.5 Å². The highest BCUT2D eigenvalue weighted by molar-refractivity contribution is 6.30. The molecule has 178 valence electrons. The number of nitrogens with one attached hydrogen (secondary N) is 1. The molecule has 2 fully saturated rings. The topological polar surface area (TPSA) is 76.4 Å². The fraction of sp³-hybridized carbons (Fsp3) is 0.423. The third kappa shape index (κ3) is 4.23. The SMILES string of the molecule is CC[C@@H](C)[C@H](C#N)NC(=O)N1CCC2(CC1)C(=O)N(c1cccc(F)c1)C2c1ccc(Cl)cc1. The van der Waals surface area contributed by atoms with Crippen molar-refractivity contribution in [3.63, 3.8) is 0 Å². The van der Waals surface area contributed by atoms with Crippen LogP contribution in [0.25, 0.3) is 0 Å². The number of benzene rings is 2. The van der Waals surface area contributed by atoms with Gasteiger partial charge in [-0.25, -0.2) is 9.18 Å². The number of rotatable bonds is 5. The Morgan fingerprint density at radius 1 is 1.26 bits per heavy atom. The number of halogens is 2.